The number of rotatable bonds is 1. The zero-order chi connectivity index (χ0) is 12.7. The smallest absolute Gasteiger partial charge is 0.267 e. The summed E-state index contributed by atoms with van der Waals surface area (Å²) in [6, 6.07) is 1.91. The highest BCUT2D eigenvalue weighted by Gasteiger charge is 2.32. The highest BCUT2D eigenvalue weighted by molar-refractivity contribution is 6.01. The molecule has 1 aliphatic rings. The van der Waals surface area contributed by atoms with Crippen LogP contribution in [0.5, 0.6) is 5.75 Å². The molecule has 1 unspecified atom stereocenters. The minimum Gasteiger partial charge on any atom is -0.478 e. The molecule has 1 aromatic rings. The summed E-state index contributed by atoms with van der Waals surface area (Å²) in [6.45, 7) is 5.81. The van der Waals surface area contributed by atoms with Crippen LogP contribution in [0.3, 0.4) is 0 Å². The van der Waals surface area contributed by atoms with Gasteiger partial charge in [0, 0.05) is 12.7 Å². The van der Waals surface area contributed by atoms with Gasteiger partial charge in [-0.2, -0.15) is 0 Å². The first-order valence-corrected chi connectivity index (χ1v) is 5.81. The van der Waals surface area contributed by atoms with Crippen LogP contribution in [0.4, 0.5) is 11.4 Å². The quantitative estimate of drug-likeness (QED) is 0.756. The van der Waals surface area contributed by atoms with E-state index in [1.165, 1.54) is 0 Å². The van der Waals surface area contributed by atoms with Crippen molar-refractivity contribution in [3.63, 3.8) is 0 Å². The van der Waals surface area contributed by atoms with E-state index in [4.69, 9.17) is 10.5 Å². The molecule has 17 heavy (non-hydrogen) atoms. The molecule has 0 saturated carbocycles. The molecule has 0 saturated heterocycles. The maximum absolute atomic E-state index is 12.0. The summed E-state index contributed by atoms with van der Waals surface area (Å²) >= 11 is 0. The summed E-state index contributed by atoms with van der Waals surface area (Å²) in [5, 5.41) is 0. The molecule has 4 nitrogen and oxygen atoms in total. The fourth-order valence-corrected chi connectivity index (χ4v) is 2.25. The summed E-state index contributed by atoms with van der Waals surface area (Å²) in [5.74, 6) is 0.745. The standard InChI is InChI=1S/C13H18N2O2/c1-5-9-13(16)15(4)12-8(3)11(14)7(2)6-10(12)17-9/h6,9H,5,14H2,1-4H3. The first kappa shape index (κ1) is 11.8. The second-order valence-electron chi connectivity index (χ2n) is 4.49. The van der Waals surface area contributed by atoms with Crippen molar-refractivity contribution in [2.24, 2.45) is 0 Å². The van der Waals surface area contributed by atoms with Crippen LogP contribution < -0.4 is 15.4 Å². The first-order chi connectivity index (χ1) is 7.97. The molecular weight excluding hydrogens is 216 g/mol. The number of carbonyl (C=O) groups is 1. The second-order valence-corrected chi connectivity index (χ2v) is 4.49. The molecule has 2 N–H and O–H groups in total. The lowest BCUT2D eigenvalue weighted by atomic mass is 10.0. The van der Waals surface area contributed by atoms with E-state index in [1.54, 1.807) is 11.9 Å². The van der Waals surface area contributed by atoms with Gasteiger partial charge in [-0.1, -0.05) is 6.92 Å². The van der Waals surface area contributed by atoms with Gasteiger partial charge < -0.3 is 15.4 Å². The lowest BCUT2D eigenvalue weighted by Crippen LogP contribution is -2.43. The molecule has 1 amide bonds. The summed E-state index contributed by atoms with van der Waals surface area (Å²) in [6.07, 6.45) is 0.292. The number of amides is 1. The molecule has 0 aromatic heterocycles. The topological polar surface area (TPSA) is 55.6 Å². The highest BCUT2D eigenvalue weighted by atomic mass is 16.5. The summed E-state index contributed by atoms with van der Waals surface area (Å²) in [5.41, 5.74) is 9.40. The normalized spacial score (nSPS) is 18.9. The van der Waals surface area contributed by atoms with Crippen LogP contribution in [0, 0.1) is 13.8 Å². The number of nitrogens with zero attached hydrogens (tertiary/aromatic N) is 1. The minimum absolute atomic E-state index is 0.00801. The number of carbonyl (C=O) groups excluding carboxylic acids is 1. The number of fused-ring (bicyclic) bond motifs is 1. The molecule has 92 valence electrons. The Kier molecular flexibility index (Phi) is 2.73. The maximum Gasteiger partial charge on any atom is 0.267 e. The van der Waals surface area contributed by atoms with Crippen molar-refractivity contribution in [2.45, 2.75) is 33.3 Å². The number of hydrogen-bond acceptors (Lipinski definition) is 3. The Morgan fingerprint density at radius 3 is 2.71 bits per heavy atom. The molecule has 0 bridgehead atoms. The third kappa shape index (κ3) is 1.64. The number of ether oxygens (including phenoxy) is 1. The Morgan fingerprint density at radius 2 is 2.12 bits per heavy atom. The Morgan fingerprint density at radius 1 is 1.47 bits per heavy atom. The van der Waals surface area contributed by atoms with Gasteiger partial charge in [-0.15, -0.1) is 0 Å². The lowest BCUT2D eigenvalue weighted by molar-refractivity contribution is -0.126. The predicted molar refractivity (Wildman–Crippen MR) is 68.4 cm³/mol. The van der Waals surface area contributed by atoms with Gasteiger partial charge in [0.2, 0.25) is 0 Å². The first-order valence-electron chi connectivity index (χ1n) is 5.81. The monoisotopic (exact) mass is 234 g/mol. The second kappa shape index (κ2) is 3.95. The van der Waals surface area contributed by atoms with Crippen LogP contribution in [0.1, 0.15) is 24.5 Å². The molecule has 1 aromatic carbocycles. The molecule has 1 aliphatic heterocycles. The van der Waals surface area contributed by atoms with Crippen LogP contribution in [0.2, 0.25) is 0 Å². The number of nitrogen functional groups attached to an aromatic ring is 1. The average Bonchev–Trinajstić information content (AvgIpc) is 2.30. The Balaban J connectivity index is 2.61. The van der Waals surface area contributed by atoms with E-state index in [0.717, 1.165) is 28.3 Å². The third-order valence-corrected chi connectivity index (χ3v) is 3.35. The molecule has 2 rings (SSSR count). The van der Waals surface area contributed by atoms with E-state index in [0.29, 0.717) is 6.42 Å². The Labute approximate surface area is 101 Å². The SMILES string of the molecule is CCC1Oc2cc(C)c(N)c(C)c2N(C)C1=O. The van der Waals surface area contributed by atoms with Gasteiger partial charge in [-0.3, -0.25) is 4.79 Å². The summed E-state index contributed by atoms with van der Waals surface area (Å²) in [7, 11) is 1.77. The molecule has 4 heteroatoms. The fourth-order valence-electron chi connectivity index (χ4n) is 2.25. The predicted octanol–water partition coefficient (Wildman–Crippen LogP) is 2.02. The number of anilines is 2. The van der Waals surface area contributed by atoms with Crippen LogP contribution in [-0.4, -0.2) is 19.1 Å². The summed E-state index contributed by atoms with van der Waals surface area (Å²) < 4.78 is 5.73. The van der Waals surface area contributed by atoms with Crippen molar-refractivity contribution in [2.75, 3.05) is 17.7 Å². The van der Waals surface area contributed by atoms with Gasteiger partial charge in [0.15, 0.2) is 6.10 Å². The van der Waals surface area contributed by atoms with Gasteiger partial charge in [-0.05, 0) is 37.5 Å². The van der Waals surface area contributed by atoms with E-state index < -0.39 is 0 Å². The largest absolute Gasteiger partial charge is 0.478 e. The lowest BCUT2D eigenvalue weighted by Gasteiger charge is -2.33. The van der Waals surface area contributed by atoms with E-state index in [2.05, 4.69) is 0 Å². The van der Waals surface area contributed by atoms with Crippen LogP contribution in [-0.2, 0) is 4.79 Å². The van der Waals surface area contributed by atoms with Crippen molar-refractivity contribution in [1.82, 2.24) is 0 Å². The molecule has 1 heterocycles. The summed E-state index contributed by atoms with van der Waals surface area (Å²) in [4.78, 5) is 13.7. The van der Waals surface area contributed by atoms with Crippen molar-refractivity contribution in [1.29, 1.82) is 0 Å². The van der Waals surface area contributed by atoms with Crippen molar-refractivity contribution >= 4 is 17.3 Å². The number of aryl methyl sites for hydroxylation is 1. The maximum atomic E-state index is 12.0. The third-order valence-electron chi connectivity index (χ3n) is 3.35. The Bertz CT molecular complexity index is 483. The van der Waals surface area contributed by atoms with Gasteiger partial charge in [0.05, 0.1) is 5.69 Å². The molecular formula is C13H18N2O2. The number of nitrogens with two attached hydrogens (primary N) is 1. The van der Waals surface area contributed by atoms with E-state index >= 15 is 0 Å². The number of hydrogen-bond donors (Lipinski definition) is 1. The fraction of sp³-hybridized carbons (Fsp3) is 0.462. The Hall–Kier alpha value is -1.71. The van der Waals surface area contributed by atoms with E-state index in [9.17, 15) is 4.79 Å². The van der Waals surface area contributed by atoms with Gasteiger partial charge >= 0.3 is 0 Å². The van der Waals surface area contributed by atoms with E-state index in [-0.39, 0.29) is 12.0 Å². The van der Waals surface area contributed by atoms with Gasteiger partial charge in [0.25, 0.3) is 5.91 Å². The molecule has 0 aliphatic carbocycles. The molecule has 0 radical (unpaired) electrons. The number of likely N-dealkylation sites (N-methyl/N-ethyl adjacent to an activating group) is 1. The molecule has 0 spiro atoms. The minimum atomic E-state index is -0.380. The van der Waals surface area contributed by atoms with Gasteiger partial charge in [0.1, 0.15) is 5.75 Å². The zero-order valence-corrected chi connectivity index (χ0v) is 10.7. The van der Waals surface area contributed by atoms with Crippen LogP contribution >= 0.6 is 0 Å². The van der Waals surface area contributed by atoms with Gasteiger partial charge in [-0.25, -0.2) is 0 Å². The highest BCUT2D eigenvalue weighted by Crippen LogP contribution is 2.40. The molecule has 0 fully saturated rings. The molecule has 1 atom stereocenters. The number of benzene rings is 1. The average molecular weight is 234 g/mol. The zero-order valence-electron chi connectivity index (χ0n) is 10.7. The van der Waals surface area contributed by atoms with Crippen molar-refractivity contribution < 1.29 is 9.53 Å². The van der Waals surface area contributed by atoms with Crippen molar-refractivity contribution in [3.05, 3.63) is 17.2 Å². The van der Waals surface area contributed by atoms with Crippen molar-refractivity contribution in [3.8, 4) is 5.75 Å². The van der Waals surface area contributed by atoms with Crippen LogP contribution in [0.25, 0.3) is 0 Å². The van der Waals surface area contributed by atoms with Crippen LogP contribution in [0.15, 0.2) is 6.07 Å². The van der Waals surface area contributed by atoms with E-state index in [1.807, 2.05) is 26.8 Å².